The maximum atomic E-state index is 14.5. The van der Waals surface area contributed by atoms with Gasteiger partial charge in [0.2, 0.25) is 5.91 Å². The highest BCUT2D eigenvalue weighted by Gasteiger charge is 2.63. The maximum absolute atomic E-state index is 14.5. The van der Waals surface area contributed by atoms with Crippen LogP contribution in [0.1, 0.15) is 60.4 Å². The number of amides is 3. The van der Waals surface area contributed by atoms with Crippen LogP contribution in [0.15, 0.2) is 60.7 Å². The number of ether oxygens (including phenoxy) is 4. The summed E-state index contributed by atoms with van der Waals surface area (Å²) in [5.74, 6) is -0.927. The summed E-state index contributed by atoms with van der Waals surface area (Å²) in [6.45, 7) is 7.86. The molecule has 45 heavy (non-hydrogen) atoms. The molecule has 2 aromatic rings. The van der Waals surface area contributed by atoms with Gasteiger partial charge in [0.15, 0.2) is 11.6 Å². The van der Waals surface area contributed by atoms with Crippen LogP contribution in [0.3, 0.4) is 0 Å². The number of imide groups is 1. The molecular formula is C34H38N2O7S2. The first-order valence-corrected chi connectivity index (χ1v) is 17.6. The van der Waals surface area contributed by atoms with E-state index in [2.05, 4.69) is 0 Å². The largest absolute Gasteiger partial charge is 0.348 e. The molecule has 5 aliphatic heterocycles. The summed E-state index contributed by atoms with van der Waals surface area (Å²) in [5, 5.41) is 0. The van der Waals surface area contributed by atoms with Gasteiger partial charge in [-0.2, -0.15) is 0 Å². The Hall–Kier alpha value is -2.67. The van der Waals surface area contributed by atoms with Crippen molar-refractivity contribution in [2.75, 3.05) is 18.1 Å². The van der Waals surface area contributed by atoms with E-state index in [0.29, 0.717) is 17.7 Å². The van der Waals surface area contributed by atoms with Gasteiger partial charge in [0.05, 0.1) is 34.4 Å². The number of β-lactam (4-membered cyclic amide) rings is 1. The summed E-state index contributed by atoms with van der Waals surface area (Å²) in [7, 11) is 0. The number of nitrogens with zero attached hydrogens (tertiary/aromatic N) is 2. The average Bonchev–Trinajstić information content (AvgIpc) is 3.64. The molecule has 0 aromatic heterocycles. The minimum absolute atomic E-state index is 0.0150. The van der Waals surface area contributed by atoms with Crippen LogP contribution in [0.2, 0.25) is 0 Å². The summed E-state index contributed by atoms with van der Waals surface area (Å²) in [6.07, 6.45) is 3.55. The quantitative estimate of drug-likeness (QED) is 0.309. The number of thioether (sulfide) groups is 2. The van der Waals surface area contributed by atoms with Gasteiger partial charge in [0.25, 0.3) is 11.8 Å². The highest BCUT2D eigenvalue weighted by molar-refractivity contribution is 8.17. The van der Waals surface area contributed by atoms with Crippen molar-refractivity contribution in [3.8, 4) is 0 Å². The molecule has 0 unspecified atom stereocenters. The van der Waals surface area contributed by atoms with Crippen LogP contribution in [0.25, 0.3) is 6.08 Å². The molecular weight excluding hydrogens is 613 g/mol. The Bertz CT molecular complexity index is 1470. The highest BCUT2D eigenvalue weighted by Crippen LogP contribution is 2.47. The number of carbonyl (C=O) groups is 3. The number of benzene rings is 2. The van der Waals surface area contributed by atoms with Crippen molar-refractivity contribution in [3.63, 3.8) is 0 Å². The third kappa shape index (κ3) is 5.65. The topological polar surface area (TPSA) is 94.6 Å². The zero-order valence-corrected chi connectivity index (χ0v) is 27.4. The Kier molecular flexibility index (Phi) is 8.15. The average molecular weight is 651 g/mol. The normalized spacial score (nSPS) is 31.9. The monoisotopic (exact) mass is 650 g/mol. The van der Waals surface area contributed by atoms with E-state index in [1.165, 1.54) is 0 Å². The van der Waals surface area contributed by atoms with Crippen LogP contribution in [0.4, 0.5) is 0 Å². The minimum Gasteiger partial charge on any atom is -0.348 e. The van der Waals surface area contributed by atoms with E-state index in [-0.39, 0.29) is 10.5 Å². The van der Waals surface area contributed by atoms with Gasteiger partial charge < -0.3 is 23.8 Å². The van der Waals surface area contributed by atoms with Crippen LogP contribution in [-0.2, 0) is 23.7 Å². The molecule has 0 aliphatic carbocycles. The second-order valence-electron chi connectivity index (χ2n) is 12.9. The van der Waals surface area contributed by atoms with Crippen molar-refractivity contribution in [3.05, 3.63) is 77.4 Å². The molecule has 4 saturated heterocycles. The highest BCUT2D eigenvalue weighted by atomic mass is 32.2. The number of likely N-dealkylation sites (tertiary alicyclic amines) is 1. The Morgan fingerprint density at radius 1 is 0.844 bits per heavy atom. The zero-order chi connectivity index (χ0) is 31.5. The molecule has 5 aliphatic rings. The van der Waals surface area contributed by atoms with Crippen LogP contribution in [-0.4, -0.2) is 98.2 Å². The molecule has 5 heterocycles. The molecule has 3 amide bonds. The number of rotatable bonds is 7. The van der Waals surface area contributed by atoms with E-state index in [9.17, 15) is 14.4 Å². The lowest BCUT2D eigenvalue weighted by Gasteiger charge is -2.55. The van der Waals surface area contributed by atoms with E-state index in [4.69, 9.17) is 18.9 Å². The van der Waals surface area contributed by atoms with Crippen molar-refractivity contribution in [2.45, 2.75) is 86.7 Å². The molecule has 0 bridgehead atoms. The van der Waals surface area contributed by atoms with Crippen LogP contribution in [0.5, 0.6) is 0 Å². The second kappa shape index (κ2) is 11.8. The molecule has 0 saturated carbocycles. The third-order valence-electron chi connectivity index (χ3n) is 8.89. The lowest BCUT2D eigenvalue weighted by atomic mass is 9.87. The fourth-order valence-electron chi connectivity index (χ4n) is 6.95. The first-order chi connectivity index (χ1) is 21.5. The second-order valence-corrected chi connectivity index (χ2v) is 15.7. The van der Waals surface area contributed by atoms with Crippen molar-refractivity contribution in [1.29, 1.82) is 0 Å². The standard InChI is InChI=1S/C34H38N2O7S2/c1-33(2)40-19-24(41-33)27-28(43-34(3,4)42-27)26(32-44-17-10-18-45-32)35-23(16-15-20-11-6-5-7-12-20)25(31(35)39)36-29(37)21-13-8-9-14-22(21)30(36)38/h5-9,11-16,23-28,32H,10,17-19H2,1-4H3/b16-15+/t23-,24-,25+,26-,27-,28-/m1/s1. The van der Waals surface area contributed by atoms with Gasteiger partial charge in [-0.05, 0) is 63.3 Å². The Labute approximate surface area is 272 Å². The first-order valence-electron chi connectivity index (χ1n) is 15.5. The molecule has 0 N–H and O–H groups in total. The molecule has 7 rings (SSSR count). The molecule has 4 fully saturated rings. The van der Waals surface area contributed by atoms with Gasteiger partial charge in [-0.3, -0.25) is 19.3 Å². The van der Waals surface area contributed by atoms with Crippen molar-refractivity contribution >= 4 is 47.3 Å². The Morgan fingerprint density at radius 3 is 2.11 bits per heavy atom. The molecule has 238 valence electrons. The lowest BCUT2D eigenvalue weighted by Crippen LogP contribution is -2.76. The van der Waals surface area contributed by atoms with Crippen LogP contribution in [0, 0.1) is 0 Å². The summed E-state index contributed by atoms with van der Waals surface area (Å²) >= 11 is 3.63. The molecule has 0 spiro atoms. The molecule has 0 radical (unpaired) electrons. The van der Waals surface area contributed by atoms with E-state index >= 15 is 0 Å². The van der Waals surface area contributed by atoms with E-state index in [1.807, 2.05) is 98.6 Å². The molecule has 6 atom stereocenters. The van der Waals surface area contributed by atoms with Gasteiger partial charge in [-0.1, -0.05) is 54.6 Å². The van der Waals surface area contributed by atoms with Crippen LogP contribution < -0.4 is 0 Å². The SMILES string of the molecule is CC1(C)O[C@H]([C@H]2COC(C)(C)O2)[C@@H]([C@H](C2SCCCS2)N2C(=O)[C@@H](N3C(=O)c4ccccc4C3=O)[C@H]2/C=C/c2ccccc2)O1. The van der Waals surface area contributed by atoms with E-state index < -0.39 is 59.8 Å². The summed E-state index contributed by atoms with van der Waals surface area (Å²) in [5.41, 5.74) is 1.60. The predicted molar refractivity (Wildman–Crippen MR) is 173 cm³/mol. The van der Waals surface area contributed by atoms with E-state index in [1.54, 1.807) is 24.3 Å². The van der Waals surface area contributed by atoms with Gasteiger partial charge in [0.1, 0.15) is 24.4 Å². The number of hydrogen-bond acceptors (Lipinski definition) is 9. The fraction of sp³-hybridized carbons (Fsp3) is 0.500. The minimum atomic E-state index is -0.975. The van der Waals surface area contributed by atoms with Gasteiger partial charge in [0, 0.05) is 0 Å². The fourth-order valence-corrected chi connectivity index (χ4v) is 10.1. The Balaban J connectivity index is 1.28. The number of fused-ring (bicyclic) bond motifs is 1. The maximum Gasteiger partial charge on any atom is 0.262 e. The molecule has 2 aromatic carbocycles. The van der Waals surface area contributed by atoms with Gasteiger partial charge in [-0.25, -0.2) is 0 Å². The summed E-state index contributed by atoms with van der Waals surface area (Å²) in [6, 6.07) is 14.6. The van der Waals surface area contributed by atoms with Crippen molar-refractivity contribution in [2.24, 2.45) is 0 Å². The zero-order valence-electron chi connectivity index (χ0n) is 25.8. The van der Waals surface area contributed by atoms with Gasteiger partial charge >= 0.3 is 0 Å². The number of carbonyl (C=O) groups excluding carboxylic acids is 3. The van der Waals surface area contributed by atoms with Crippen molar-refractivity contribution < 1.29 is 33.3 Å². The third-order valence-corrected chi connectivity index (χ3v) is 12.0. The number of hydrogen-bond donors (Lipinski definition) is 0. The van der Waals surface area contributed by atoms with Gasteiger partial charge in [-0.15, -0.1) is 23.5 Å². The van der Waals surface area contributed by atoms with Crippen molar-refractivity contribution in [1.82, 2.24) is 9.80 Å². The first kappa shape index (κ1) is 31.0. The molecule has 11 heteroatoms. The smallest absolute Gasteiger partial charge is 0.262 e. The predicted octanol–water partition coefficient (Wildman–Crippen LogP) is 4.81. The summed E-state index contributed by atoms with van der Waals surface area (Å²) in [4.78, 5) is 44.8. The Morgan fingerprint density at radius 2 is 1.49 bits per heavy atom. The van der Waals surface area contributed by atoms with Crippen LogP contribution >= 0.6 is 23.5 Å². The van der Waals surface area contributed by atoms with E-state index in [0.717, 1.165) is 28.4 Å². The summed E-state index contributed by atoms with van der Waals surface area (Å²) < 4.78 is 25.4. The molecule has 9 nitrogen and oxygen atoms in total. The lowest BCUT2D eigenvalue weighted by molar-refractivity contribution is -0.176.